The van der Waals surface area contributed by atoms with Crippen molar-refractivity contribution in [2.75, 3.05) is 26.0 Å². The number of nitrogens with zero attached hydrogens (tertiary/aromatic N) is 2. The zero-order chi connectivity index (χ0) is 18.6. The van der Waals surface area contributed by atoms with Crippen molar-refractivity contribution < 1.29 is 18.8 Å². The lowest BCUT2D eigenvalue weighted by Crippen LogP contribution is -2.27. The quantitative estimate of drug-likeness (QED) is 0.900. The zero-order valence-electron chi connectivity index (χ0n) is 15.1. The number of carbonyl (C=O) groups is 2. The minimum absolute atomic E-state index is 0.0882. The van der Waals surface area contributed by atoms with E-state index in [1.807, 2.05) is 20.8 Å². The highest BCUT2D eigenvalue weighted by atomic mass is 16.5. The highest BCUT2D eigenvalue weighted by Crippen LogP contribution is 2.24. The molecule has 25 heavy (non-hydrogen) atoms. The van der Waals surface area contributed by atoms with E-state index in [0.717, 1.165) is 5.69 Å². The standard InChI is InChI=1S/C18H23N3O4/c1-18(2,3)14-10-15(25-20-14)19-17(23)12-7-6-8-13(9-12)24-11-16(22)21(4)5/h6-10H,11H2,1-5H3,(H,19,23). The Bertz CT molecular complexity index is 760. The van der Waals surface area contributed by atoms with Gasteiger partial charge in [0.1, 0.15) is 5.75 Å². The molecule has 0 bridgehead atoms. The number of anilines is 1. The summed E-state index contributed by atoms with van der Waals surface area (Å²) < 4.78 is 10.6. The van der Waals surface area contributed by atoms with Crippen molar-refractivity contribution in [3.63, 3.8) is 0 Å². The zero-order valence-corrected chi connectivity index (χ0v) is 15.1. The van der Waals surface area contributed by atoms with Crippen LogP contribution < -0.4 is 10.1 Å². The number of likely N-dealkylation sites (N-methyl/N-ethyl adjacent to an activating group) is 1. The Hall–Kier alpha value is -2.83. The second-order valence-electron chi connectivity index (χ2n) is 6.89. The second kappa shape index (κ2) is 7.38. The lowest BCUT2D eigenvalue weighted by atomic mass is 9.92. The molecule has 0 unspecified atom stereocenters. The van der Waals surface area contributed by atoms with E-state index in [4.69, 9.17) is 9.26 Å². The smallest absolute Gasteiger partial charge is 0.259 e. The van der Waals surface area contributed by atoms with E-state index >= 15 is 0 Å². The SMILES string of the molecule is CN(C)C(=O)COc1cccc(C(=O)Nc2cc(C(C)(C)C)no2)c1. The first-order chi connectivity index (χ1) is 11.7. The highest BCUT2D eigenvalue weighted by molar-refractivity contribution is 6.03. The van der Waals surface area contributed by atoms with Crippen LogP contribution in [0.2, 0.25) is 0 Å². The fourth-order valence-electron chi connectivity index (χ4n) is 1.87. The van der Waals surface area contributed by atoms with Gasteiger partial charge in [-0.3, -0.25) is 14.9 Å². The third-order valence-corrected chi connectivity index (χ3v) is 3.47. The van der Waals surface area contributed by atoms with Crippen molar-refractivity contribution in [1.82, 2.24) is 10.1 Å². The molecular formula is C18H23N3O4. The van der Waals surface area contributed by atoms with E-state index in [2.05, 4.69) is 10.5 Å². The summed E-state index contributed by atoms with van der Waals surface area (Å²) in [6, 6.07) is 8.29. The molecule has 1 aromatic carbocycles. The van der Waals surface area contributed by atoms with Crippen LogP contribution in [-0.4, -0.2) is 42.6 Å². The van der Waals surface area contributed by atoms with Crippen molar-refractivity contribution >= 4 is 17.7 Å². The van der Waals surface area contributed by atoms with Gasteiger partial charge < -0.3 is 14.2 Å². The highest BCUT2D eigenvalue weighted by Gasteiger charge is 2.20. The Balaban J connectivity index is 2.03. The molecule has 0 aliphatic heterocycles. The minimum atomic E-state index is -0.346. The molecule has 0 spiro atoms. The number of hydrogen-bond donors (Lipinski definition) is 1. The van der Waals surface area contributed by atoms with Gasteiger partial charge in [0.15, 0.2) is 6.61 Å². The Morgan fingerprint density at radius 3 is 2.56 bits per heavy atom. The first-order valence-electron chi connectivity index (χ1n) is 7.88. The molecule has 7 nitrogen and oxygen atoms in total. The van der Waals surface area contributed by atoms with Crippen LogP contribution >= 0.6 is 0 Å². The number of aromatic nitrogens is 1. The average molecular weight is 345 g/mol. The summed E-state index contributed by atoms with van der Waals surface area (Å²) in [5.74, 6) is 0.215. The van der Waals surface area contributed by atoms with E-state index in [1.165, 1.54) is 4.90 Å². The van der Waals surface area contributed by atoms with Crippen LogP contribution in [-0.2, 0) is 10.2 Å². The summed E-state index contributed by atoms with van der Waals surface area (Å²) in [5, 5.41) is 6.62. The number of hydrogen-bond acceptors (Lipinski definition) is 5. The van der Waals surface area contributed by atoms with Gasteiger partial charge in [0.25, 0.3) is 11.8 Å². The Kier molecular flexibility index (Phi) is 5.46. The summed E-state index contributed by atoms with van der Waals surface area (Å²) in [7, 11) is 3.30. The molecule has 0 aliphatic carbocycles. The summed E-state index contributed by atoms with van der Waals surface area (Å²) in [6.07, 6.45) is 0. The Morgan fingerprint density at radius 1 is 1.24 bits per heavy atom. The van der Waals surface area contributed by atoms with Gasteiger partial charge in [-0.05, 0) is 18.2 Å². The molecule has 2 amide bonds. The topological polar surface area (TPSA) is 84.7 Å². The monoisotopic (exact) mass is 345 g/mol. The molecule has 0 saturated heterocycles. The first kappa shape index (κ1) is 18.5. The summed E-state index contributed by atoms with van der Waals surface area (Å²) >= 11 is 0. The number of amides is 2. The van der Waals surface area contributed by atoms with Crippen LogP contribution in [0.15, 0.2) is 34.9 Å². The normalized spacial score (nSPS) is 11.1. The fourth-order valence-corrected chi connectivity index (χ4v) is 1.87. The van der Waals surface area contributed by atoms with E-state index in [-0.39, 0.29) is 29.7 Å². The van der Waals surface area contributed by atoms with E-state index in [1.54, 1.807) is 44.4 Å². The largest absolute Gasteiger partial charge is 0.484 e. The molecule has 2 aromatic rings. The van der Waals surface area contributed by atoms with Gasteiger partial charge >= 0.3 is 0 Å². The van der Waals surface area contributed by atoms with Gasteiger partial charge in [0.05, 0.1) is 5.69 Å². The number of benzene rings is 1. The molecule has 2 rings (SSSR count). The third kappa shape index (κ3) is 5.07. The number of ether oxygens (including phenoxy) is 1. The molecule has 0 radical (unpaired) electrons. The third-order valence-electron chi connectivity index (χ3n) is 3.47. The molecule has 1 heterocycles. The Morgan fingerprint density at radius 2 is 1.96 bits per heavy atom. The van der Waals surface area contributed by atoms with Crippen molar-refractivity contribution in [1.29, 1.82) is 0 Å². The van der Waals surface area contributed by atoms with E-state index in [9.17, 15) is 9.59 Å². The molecule has 0 atom stereocenters. The predicted octanol–water partition coefficient (Wildman–Crippen LogP) is 2.69. The lowest BCUT2D eigenvalue weighted by molar-refractivity contribution is -0.130. The molecule has 1 aromatic heterocycles. The van der Waals surface area contributed by atoms with Crippen LogP contribution in [0.4, 0.5) is 5.88 Å². The van der Waals surface area contributed by atoms with E-state index < -0.39 is 0 Å². The van der Waals surface area contributed by atoms with Crippen LogP contribution in [0.25, 0.3) is 0 Å². The van der Waals surface area contributed by atoms with Crippen LogP contribution in [0.5, 0.6) is 5.75 Å². The molecule has 134 valence electrons. The lowest BCUT2D eigenvalue weighted by Gasteiger charge is -2.12. The van der Waals surface area contributed by atoms with Gasteiger partial charge in [-0.2, -0.15) is 0 Å². The Labute approximate surface area is 146 Å². The predicted molar refractivity (Wildman–Crippen MR) is 93.8 cm³/mol. The molecule has 0 fully saturated rings. The van der Waals surface area contributed by atoms with Crippen molar-refractivity contribution in [3.05, 3.63) is 41.6 Å². The molecule has 7 heteroatoms. The van der Waals surface area contributed by atoms with Crippen molar-refractivity contribution in [2.45, 2.75) is 26.2 Å². The van der Waals surface area contributed by atoms with Gasteiger partial charge in [-0.15, -0.1) is 0 Å². The average Bonchev–Trinajstić information content (AvgIpc) is 3.01. The van der Waals surface area contributed by atoms with Gasteiger partial charge in [0, 0.05) is 31.1 Å². The van der Waals surface area contributed by atoms with Crippen molar-refractivity contribution in [3.8, 4) is 5.75 Å². The molecule has 1 N–H and O–H groups in total. The first-order valence-corrected chi connectivity index (χ1v) is 7.88. The molecular weight excluding hydrogens is 322 g/mol. The maximum atomic E-state index is 12.3. The fraction of sp³-hybridized carbons (Fsp3) is 0.389. The number of nitrogens with one attached hydrogen (secondary N) is 1. The maximum Gasteiger partial charge on any atom is 0.259 e. The summed E-state index contributed by atoms with van der Waals surface area (Å²) in [5.41, 5.74) is 0.977. The molecule has 0 saturated carbocycles. The maximum absolute atomic E-state index is 12.3. The van der Waals surface area contributed by atoms with Gasteiger partial charge in [-0.25, -0.2) is 0 Å². The molecule has 0 aliphatic rings. The van der Waals surface area contributed by atoms with Crippen molar-refractivity contribution in [2.24, 2.45) is 0 Å². The van der Waals surface area contributed by atoms with E-state index in [0.29, 0.717) is 11.3 Å². The van der Waals surface area contributed by atoms with Gasteiger partial charge in [-0.1, -0.05) is 32.0 Å². The van der Waals surface area contributed by atoms with Crippen LogP contribution in [0, 0.1) is 0 Å². The van der Waals surface area contributed by atoms with Crippen LogP contribution in [0.1, 0.15) is 36.8 Å². The van der Waals surface area contributed by atoms with Gasteiger partial charge in [0.2, 0.25) is 5.88 Å². The van der Waals surface area contributed by atoms with Crippen LogP contribution in [0.3, 0.4) is 0 Å². The second-order valence-corrected chi connectivity index (χ2v) is 6.89. The number of carbonyl (C=O) groups excluding carboxylic acids is 2. The minimum Gasteiger partial charge on any atom is -0.484 e. The summed E-state index contributed by atoms with van der Waals surface area (Å²) in [6.45, 7) is 5.93. The number of rotatable bonds is 5. The summed E-state index contributed by atoms with van der Waals surface area (Å²) in [4.78, 5) is 25.3.